The number of piperazine rings is 1. The van der Waals surface area contributed by atoms with Crippen molar-refractivity contribution >= 4 is 11.9 Å². The molecule has 11 heteroatoms. The molecule has 3 aromatic carbocycles. The van der Waals surface area contributed by atoms with E-state index in [9.17, 15) is 20.0 Å². The van der Waals surface area contributed by atoms with Crippen LogP contribution in [-0.4, -0.2) is 72.5 Å². The van der Waals surface area contributed by atoms with Crippen molar-refractivity contribution in [1.82, 2.24) is 9.80 Å². The lowest BCUT2D eigenvalue weighted by Crippen LogP contribution is -2.68. The summed E-state index contributed by atoms with van der Waals surface area (Å²) in [6.07, 6.45) is 1.61. The Morgan fingerprint density at radius 1 is 1.06 bits per heavy atom. The van der Waals surface area contributed by atoms with E-state index in [0.717, 1.165) is 27.8 Å². The summed E-state index contributed by atoms with van der Waals surface area (Å²) in [5.74, 6) is 0.987. The molecule has 5 atom stereocenters. The molecule has 0 aromatic heterocycles. The maximum Gasteiger partial charge on any atom is 0.308 e. The Labute approximate surface area is 279 Å². The first kappa shape index (κ1) is 31.8. The highest BCUT2D eigenvalue weighted by atomic mass is 16.7. The lowest BCUT2D eigenvalue weighted by molar-refractivity contribution is -0.149. The fraction of sp³-hybridized carbons (Fsp3) is 0.432. The minimum atomic E-state index is -0.635. The zero-order valence-electron chi connectivity index (χ0n) is 27.7. The molecule has 1 fully saturated rings. The van der Waals surface area contributed by atoms with Crippen LogP contribution < -0.4 is 18.9 Å². The lowest BCUT2D eigenvalue weighted by atomic mass is 9.71. The van der Waals surface area contributed by atoms with E-state index in [1.54, 1.807) is 7.11 Å². The average molecular weight is 654 g/mol. The summed E-state index contributed by atoms with van der Waals surface area (Å²) >= 11 is 0. The molecular formula is C37H39N3O8. The summed E-state index contributed by atoms with van der Waals surface area (Å²) in [4.78, 5) is 30.0. The lowest BCUT2D eigenvalue weighted by Gasteiger charge is -2.59. The molecule has 1 N–H and O–H groups in total. The summed E-state index contributed by atoms with van der Waals surface area (Å²) in [7, 11) is 3.52. The van der Waals surface area contributed by atoms with E-state index in [-0.39, 0.29) is 49.7 Å². The van der Waals surface area contributed by atoms with E-state index in [0.29, 0.717) is 53.4 Å². The number of aryl methyl sites for hydroxylation is 2. The van der Waals surface area contributed by atoms with Crippen LogP contribution in [0.5, 0.6) is 28.7 Å². The zero-order valence-corrected chi connectivity index (χ0v) is 27.7. The predicted octanol–water partition coefficient (Wildman–Crippen LogP) is 4.62. The second-order valence-corrected chi connectivity index (χ2v) is 13.0. The number of ether oxygens (including phenoxy) is 5. The predicted molar refractivity (Wildman–Crippen MR) is 173 cm³/mol. The number of fused-ring (bicyclic) bond motifs is 9. The Morgan fingerprint density at radius 2 is 1.81 bits per heavy atom. The van der Waals surface area contributed by atoms with E-state index in [4.69, 9.17) is 23.7 Å². The van der Waals surface area contributed by atoms with Gasteiger partial charge in [0.25, 0.3) is 0 Å². The van der Waals surface area contributed by atoms with Crippen molar-refractivity contribution in [3.05, 3.63) is 75.3 Å². The van der Waals surface area contributed by atoms with Crippen LogP contribution >= 0.6 is 0 Å². The number of rotatable bonds is 7. The van der Waals surface area contributed by atoms with Crippen molar-refractivity contribution < 1.29 is 38.4 Å². The fourth-order valence-electron chi connectivity index (χ4n) is 8.41. The third-order valence-electron chi connectivity index (χ3n) is 10.4. The average Bonchev–Trinajstić information content (AvgIpc) is 3.56. The van der Waals surface area contributed by atoms with Crippen LogP contribution in [0.4, 0.5) is 0 Å². The van der Waals surface area contributed by atoms with Gasteiger partial charge in [-0.3, -0.25) is 19.4 Å². The van der Waals surface area contributed by atoms with E-state index < -0.39 is 18.1 Å². The summed E-state index contributed by atoms with van der Waals surface area (Å²) in [5.41, 5.74) is 5.61. The van der Waals surface area contributed by atoms with E-state index in [1.807, 2.05) is 57.3 Å². The Balaban J connectivity index is 1.37. The molecule has 1 unspecified atom stereocenters. The molecule has 0 saturated carbocycles. The zero-order chi connectivity index (χ0) is 33.9. The number of carbonyl (C=O) groups excluding carboxylic acids is 2. The summed E-state index contributed by atoms with van der Waals surface area (Å²) in [6, 6.07) is 12.2. The first-order valence-corrected chi connectivity index (χ1v) is 16.3. The first-order valence-electron chi connectivity index (χ1n) is 16.3. The normalized spacial score (nSPS) is 23.7. The molecule has 4 aliphatic rings. The van der Waals surface area contributed by atoms with Crippen LogP contribution in [0.3, 0.4) is 0 Å². The van der Waals surface area contributed by atoms with Crippen molar-refractivity contribution in [3.63, 3.8) is 0 Å². The SMILES string of the molecule is COc1c(C)cc2c(c1O)[C@@H]1C3Cc4c(OC(C)=O)c(C)c5c(c4[C@H](COC(=O)CCc4ccccc4)N3[C@@H](C#N)[C@H](C2)N1C)OCO5. The van der Waals surface area contributed by atoms with Crippen LogP contribution in [-0.2, 0) is 33.6 Å². The molecule has 3 aromatic rings. The highest BCUT2D eigenvalue weighted by Crippen LogP contribution is 2.58. The third-order valence-corrected chi connectivity index (χ3v) is 10.4. The Bertz CT molecular complexity index is 1840. The molecular weight excluding hydrogens is 614 g/mol. The quantitative estimate of drug-likeness (QED) is 0.283. The van der Waals surface area contributed by atoms with Gasteiger partial charge in [-0.1, -0.05) is 36.4 Å². The second kappa shape index (κ2) is 12.3. The number of carbonyl (C=O) groups is 2. The van der Waals surface area contributed by atoms with E-state index >= 15 is 0 Å². The van der Waals surface area contributed by atoms with Gasteiger partial charge in [0, 0.05) is 47.7 Å². The standard InChI is InChI=1S/C37H39N3O8/c1-19-13-23-14-25-27(16-38)40-26(32(39(25)4)30(23)33(43)34(19)44-5)15-24-31(37-36(46-18-47-37)20(2)35(24)48-21(3)41)28(40)17-45-29(42)12-11-22-9-7-6-8-10-22/h6-10,13,25-28,32,43H,11-12,14-15,17-18H2,1-5H3/t25-,26?,27-,28-,32-/m0/s1. The van der Waals surface area contributed by atoms with Crippen LogP contribution in [0.1, 0.15) is 64.4 Å². The van der Waals surface area contributed by atoms with Gasteiger partial charge < -0.3 is 28.8 Å². The number of nitriles is 1. The number of hydrogen-bond donors (Lipinski definition) is 1. The van der Waals surface area contributed by atoms with Crippen LogP contribution in [0.15, 0.2) is 36.4 Å². The number of aromatic hydroxyl groups is 1. The van der Waals surface area contributed by atoms with Crippen LogP contribution in [0, 0.1) is 25.2 Å². The van der Waals surface area contributed by atoms with Gasteiger partial charge in [-0.05, 0) is 56.8 Å². The number of nitrogens with zero attached hydrogens (tertiary/aromatic N) is 3. The molecule has 4 heterocycles. The fourth-order valence-corrected chi connectivity index (χ4v) is 8.41. The number of methoxy groups -OCH3 is 1. The number of phenolic OH excluding ortho intramolecular Hbond substituents is 1. The highest BCUT2D eigenvalue weighted by Gasteiger charge is 2.57. The highest BCUT2D eigenvalue weighted by molar-refractivity contribution is 5.74. The molecule has 0 spiro atoms. The van der Waals surface area contributed by atoms with Gasteiger partial charge in [-0.25, -0.2) is 0 Å². The largest absolute Gasteiger partial charge is 0.504 e. The first-order chi connectivity index (χ1) is 23.1. The van der Waals surface area contributed by atoms with Gasteiger partial charge in [0.1, 0.15) is 18.4 Å². The maximum absolute atomic E-state index is 13.3. The monoisotopic (exact) mass is 653 g/mol. The van der Waals surface area contributed by atoms with E-state index in [2.05, 4.69) is 15.9 Å². The topological polar surface area (TPSA) is 131 Å². The number of esters is 2. The molecule has 0 amide bonds. The van der Waals surface area contributed by atoms with Crippen molar-refractivity contribution in [1.29, 1.82) is 5.26 Å². The van der Waals surface area contributed by atoms with Crippen molar-refractivity contribution in [3.8, 4) is 34.8 Å². The van der Waals surface area contributed by atoms with Gasteiger partial charge in [0.15, 0.2) is 23.0 Å². The minimum Gasteiger partial charge on any atom is -0.504 e. The Morgan fingerprint density at radius 3 is 2.52 bits per heavy atom. The van der Waals surface area contributed by atoms with Gasteiger partial charge >= 0.3 is 11.9 Å². The van der Waals surface area contributed by atoms with Gasteiger partial charge in [0.05, 0.1) is 25.3 Å². The molecule has 7 rings (SSSR count). The van der Waals surface area contributed by atoms with Gasteiger partial charge in [-0.2, -0.15) is 5.26 Å². The molecule has 1 saturated heterocycles. The summed E-state index contributed by atoms with van der Waals surface area (Å²) < 4.78 is 29.5. The Kier molecular flexibility index (Phi) is 8.17. The van der Waals surface area contributed by atoms with Crippen LogP contribution in [0.25, 0.3) is 0 Å². The van der Waals surface area contributed by atoms with Crippen molar-refractivity contribution in [2.24, 2.45) is 0 Å². The molecule has 0 aliphatic carbocycles. The Hall–Kier alpha value is -4.79. The van der Waals surface area contributed by atoms with Crippen molar-refractivity contribution in [2.45, 2.75) is 76.7 Å². The van der Waals surface area contributed by atoms with Crippen molar-refractivity contribution in [2.75, 3.05) is 27.6 Å². The molecule has 11 nitrogen and oxygen atoms in total. The number of benzene rings is 3. The molecule has 2 bridgehead atoms. The molecule has 250 valence electrons. The maximum atomic E-state index is 13.3. The molecule has 0 radical (unpaired) electrons. The van der Waals surface area contributed by atoms with E-state index in [1.165, 1.54) is 6.92 Å². The number of phenols is 1. The smallest absolute Gasteiger partial charge is 0.308 e. The number of hydrogen-bond acceptors (Lipinski definition) is 11. The minimum absolute atomic E-state index is 0.0186. The third kappa shape index (κ3) is 5.02. The summed E-state index contributed by atoms with van der Waals surface area (Å²) in [6.45, 7) is 5.00. The molecule has 4 aliphatic heterocycles. The van der Waals surface area contributed by atoms with Crippen LogP contribution in [0.2, 0.25) is 0 Å². The van der Waals surface area contributed by atoms with Gasteiger partial charge in [0.2, 0.25) is 6.79 Å². The number of likely N-dealkylation sites (N-methyl/N-ethyl adjacent to an activating group) is 1. The summed E-state index contributed by atoms with van der Waals surface area (Å²) in [5, 5.41) is 22.5. The molecule has 48 heavy (non-hydrogen) atoms. The second-order valence-electron chi connectivity index (χ2n) is 13.0. The van der Waals surface area contributed by atoms with Gasteiger partial charge in [-0.15, -0.1) is 0 Å².